The van der Waals surface area contributed by atoms with Crippen molar-refractivity contribution in [1.82, 2.24) is 5.32 Å². The van der Waals surface area contributed by atoms with Crippen LogP contribution >= 0.6 is 0 Å². The van der Waals surface area contributed by atoms with Crippen LogP contribution in [0.15, 0.2) is 60.7 Å². The van der Waals surface area contributed by atoms with Crippen LogP contribution in [0.5, 0.6) is 0 Å². The second kappa shape index (κ2) is 15.2. The zero-order valence-corrected chi connectivity index (χ0v) is 33.9. The highest BCUT2D eigenvalue weighted by Gasteiger charge is 2.79. The van der Waals surface area contributed by atoms with Crippen molar-refractivity contribution in [3.8, 4) is 0 Å². The lowest BCUT2D eigenvalue weighted by atomic mass is 9.42. The second-order valence-corrected chi connectivity index (χ2v) is 17.9. The minimum Gasteiger partial charge on any atom is -0.460 e. The highest BCUT2D eigenvalue weighted by atomic mass is 16.6. The Labute approximate surface area is 336 Å². The smallest absolute Gasteiger partial charge is 0.408 e. The van der Waals surface area contributed by atoms with Gasteiger partial charge in [-0.2, -0.15) is 0 Å². The van der Waals surface area contributed by atoms with Crippen molar-refractivity contribution in [2.75, 3.05) is 6.61 Å². The van der Waals surface area contributed by atoms with E-state index < -0.39 is 124 Å². The molecule has 4 N–H and O–H groups in total. The molecule has 0 aromatic heterocycles. The summed E-state index contributed by atoms with van der Waals surface area (Å²) < 4.78 is 29.5. The lowest BCUT2D eigenvalue weighted by Gasteiger charge is -2.67. The molecule has 1 heterocycles. The number of carbonyl (C=O) groups is 6. The zero-order valence-electron chi connectivity index (χ0n) is 33.9. The van der Waals surface area contributed by atoms with Gasteiger partial charge in [0.2, 0.25) is 11.6 Å². The number of nitrogens with one attached hydrogen (secondary N) is 1. The fourth-order valence-electron chi connectivity index (χ4n) is 9.87. The van der Waals surface area contributed by atoms with Gasteiger partial charge in [0, 0.05) is 37.0 Å². The quantitative estimate of drug-likeness (QED) is 0.171. The van der Waals surface area contributed by atoms with Crippen molar-refractivity contribution in [3.05, 3.63) is 71.8 Å². The van der Waals surface area contributed by atoms with E-state index in [0.717, 1.165) is 6.92 Å². The molecule has 0 radical (unpaired) electrons. The van der Waals surface area contributed by atoms with Crippen LogP contribution in [0.4, 0.5) is 4.79 Å². The molecular formula is C43H53NO14. The van der Waals surface area contributed by atoms with Crippen molar-refractivity contribution in [1.29, 1.82) is 0 Å². The third-order valence-corrected chi connectivity index (χ3v) is 12.9. The normalized spacial score (nSPS) is 34.9. The summed E-state index contributed by atoms with van der Waals surface area (Å²) in [5.74, 6) is -8.93. The molecule has 58 heavy (non-hydrogen) atoms. The van der Waals surface area contributed by atoms with Crippen LogP contribution in [-0.2, 0) is 42.9 Å². The molecule has 3 aliphatic carbocycles. The van der Waals surface area contributed by atoms with E-state index in [2.05, 4.69) is 5.32 Å². The van der Waals surface area contributed by atoms with Gasteiger partial charge in [0.05, 0.1) is 35.6 Å². The van der Waals surface area contributed by atoms with E-state index in [1.807, 2.05) is 0 Å². The lowest BCUT2D eigenvalue weighted by molar-refractivity contribution is -0.350. The predicted octanol–water partition coefficient (Wildman–Crippen LogP) is 3.40. The Bertz CT molecular complexity index is 1950. The molecule has 1 amide bonds. The number of carbonyl (C=O) groups excluding carboxylic acids is 6. The first-order valence-corrected chi connectivity index (χ1v) is 19.5. The molecule has 15 heteroatoms. The maximum absolute atomic E-state index is 14.9. The number of rotatable bonds is 8. The van der Waals surface area contributed by atoms with Gasteiger partial charge in [0.1, 0.15) is 29.5 Å². The summed E-state index contributed by atoms with van der Waals surface area (Å²) >= 11 is 0. The van der Waals surface area contributed by atoms with Gasteiger partial charge in [-0.15, -0.1) is 0 Å². The zero-order chi connectivity index (χ0) is 42.7. The average molecular weight is 808 g/mol. The van der Waals surface area contributed by atoms with Gasteiger partial charge in [-0.05, 0) is 45.4 Å². The summed E-state index contributed by atoms with van der Waals surface area (Å²) in [6.45, 7) is 11.8. The number of ketones is 2. The fraction of sp³-hybridized carbons (Fsp3) is 0.581. The van der Waals surface area contributed by atoms with E-state index in [1.165, 1.54) is 19.1 Å². The monoisotopic (exact) mass is 807 g/mol. The standard InChI is InChI=1S/C43H53NO14/c1-22-26(55-37(51)32(48)30(24-15-11-9-12-16-24)44-38(52)58-39(3,4)5)20-43(53)35(56-36(50)25-17-13-10-14-18-25)33-41(8,34(49)31(47)29(22)40(43,6)7)27(46)19-28-42(33,21-54-28)57-23(2)45/h9-18,22,26-30,32-33,35,46,48,53H,19-21H2,1-8H3,(H,44,52)/t22?,26?,27-,28+,29?,30-,32+,33-,35-,41+,42-,43+/m0/s1. The molecule has 2 bridgehead atoms. The van der Waals surface area contributed by atoms with E-state index in [-0.39, 0.29) is 18.6 Å². The highest BCUT2D eigenvalue weighted by molar-refractivity contribution is 6.40. The molecule has 12 atom stereocenters. The number of aliphatic hydroxyl groups excluding tert-OH is 2. The maximum Gasteiger partial charge on any atom is 0.408 e. The Morgan fingerprint density at radius 2 is 1.55 bits per heavy atom. The van der Waals surface area contributed by atoms with Gasteiger partial charge < -0.3 is 44.3 Å². The second-order valence-electron chi connectivity index (χ2n) is 17.9. The van der Waals surface area contributed by atoms with Crippen molar-refractivity contribution in [3.63, 3.8) is 0 Å². The van der Waals surface area contributed by atoms with Gasteiger partial charge in [0.15, 0.2) is 11.7 Å². The largest absolute Gasteiger partial charge is 0.460 e. The van der Waals surface area contributed by atoms with Crippen LogP contribution in [0.1, 0.15) is 90.2 Å². The molecule has 1 saturated heterocycles. The number of esters is 3. The number of Topliss-reactive ketones (excluding diaryl/α,β-unsaturated/α-hetero) is 2. The number of hydrogen-bond acceptors (Lipinski definition) is 14. The lowest BCUT2D eigenvalue weighted by Crippen LogP contribution is -2.82. The molecule has 6 rings (SSSR count). The molecule has 3 unspecified atom stereocenters. The van der Waals surface area contributed by atoms with E-state index in [9.17, 15) is 44.1 Å². The van der Waals surface area contributed by atoms with Crippen LogP contribution in [0, 0.1) is 28.6 Å². The van der Waals surface area contributed by atoms with Gasteiger partial charge >= 0.3 is 24.0 Å². The minimum atomic E-state index is -2.36. The number of hydrogen-bond donors (Lipinski definition) is 4. The Balaban J connectivity index is 1.46. The Morgan fingerprint density at radius 3 is 2.10 bits per heavy atom. The van der Waals surface area contributed by atoms with Crippen LogP contribution in [-0.4, -0.2) is 105 Å². The van der Waals surface area contributed by atoms with E-state index in [1.54, 1.807) is 90.1 Å². The number of ether oxygens (including phenoxy) is 5. The Kier molecular flexibility index (Phi) is 11.2. The van der Waals surface area contributed by atoms with Gasteiger partial charge in [0.25, 0.3) is 0 Å². The number of benzene rings is 2. The maximum atomic E-state index is 14.9. The first kappa shape index (κ1) is 42.9. The summed E-state index contributed by atoms with van der Waals surface area (Å²) in [7, 11) is 0. The van der Waals surface area contributed by atoms with E-state index in [4.69, 9.17) is 23.7 Å². The van der Waals surface area contributed by atoms with E-state index >= 15 is 0 Å². The summed E-state index contributed by atoms with van der Waals surface area (Å²) in [6, 6.07) is 14.6. The third kappa shape index (κ3) is 7.09. The first-order valence-electron chi connectivity index (χ1n) is 19.5. The van der Waals surface area contributed by atoms with Gasteiger partial charge in [-0.25, -0.2) is 14.4 Å². The number of alkyl carbamates (subject to hydrolysis) is 1. The number of amides is 1. The molecule has 1 aliphatic heterocycles. The Hall–Kier alpha value is -4.70. The molecule has 314 valence electrons. The van der Waals surface area contributed by atoms with Crippen molar-refractivity contribution in [2.24, 2.45) is 28.6 Å². The van der Waals surface area contributed by atoms with Crippen molar-refractivity contribution < 1.29 is 67.8 Å². The first-order chi connectivity index (χ1) is 27.0. The Morgan fingerprint density at radius 1 is 0.948 bits per heavy atom. The van der Waals surface area contributed by atoms with Crippen molar-refractivity contribution >= 4 is 35.6 Å². The number of aliphatic hydroxyl groups is 3. The molecule has 15 nitrogen and oxygen atoms in total. The molecular weight excluding hydrogens is 754 g/mol. The van der Waals surface area contributed by atoms with Gasteiger partial charge in [-0.3, -0.25) is 14.4 Å². The molecule has 4 aliphatic rings. The number of fused-ring (bicyclic) bond motifs is 5. The summed E-state index contributed by atoms with van der Waals surface area (Å²) in [6.07, 6.45) is -9.48. The van der Waals surface area contributed by atoms with Crippen LogP contribution in [0.25, 0.3) is 0 Å². The SMILES string of the molecule is CC(=O)O[C@@]12CO[C@@H]1C[C@H](O)[C@@]1(C)C(=O)C(=O)C3C(C)C(OC(=O)[C@H](O)[C@@H](NC(=O)OC(C)(C)C)c4ccccc4)C[C@@](O)([C@@H](OC(=O)c4ccccc4)[C@H]21)C3(C)C. The molecule has 2 aromatic rings. The van der Waals surface area contributed by atoms with Gasteiger partial charge in [-0.1, -0.05) is 69.3 Å². The summed E-state index contributed by atoms with van der Waals surface area (Å²) in [5.41, 5.74) is -8.31. The summed E-state index contributed by atoms with van der Waals surface area (Å²) in [5, 5.41) is 39.3. The topological polar surface area (TPSA) is 221 Å². The molecule has 2 aromatic carbocycles. The third-order valence-electron chi connectivity index (χ3n) is 12.9. The fourth-order valence-corrected chi connectivity index (χ4v) is 9.87. The highest BCUT2D eigenvalue weighted by Crippen LogP contribution is 2.64. The predicted molar refractivity (Wildman–Crippen MR) is 203 cm³/mol. The van der Waals surface area contributed by atoms with Crippen molar-refractivity contribution in [2.45, 2.75) is 122 Å². The molecule has 0 spiro atoms. The van der Waals surface area contributed by atoms with Crippen LogP contribution < -0.4 is 5.32 Å². The minimum absolute atomic E-state index is 0.0747. The van der Waals surface area contributed by atoms with E-state index in [0.29, 0.717) is 5.56 Å². The molecule has 4 fully saturated rings. The van der Waals surface area contributed by atoms with Crippen LogP contribution in [0.2, 0.25) is 0 Å². The summed E-state index contributed by atoms with van der Waals surface area (Å²) in [4.78, 5) is 83.6. The average Bonchev–Trinajstić information content (AvgIpc) is 3.14. The van der Waals surface area contributed by atoms with Crippen LogP contribution in [0.3, 0.4) is 0 Å². The molecule has 3 saturated carbocycles.